The Hall–Kier alpha value is -2.38. The fourth-order valence-electron chi connectivity index (χ4n) is 4.26. The highest BCUT2D eigenvalue weighted by Gasteiger charge is 2.70. The Morgan fingerprint density at radius 1 is 1.17 bits per heavy atom. The van der Waals surface area contributed by atoms with Crippen molar-refractivity contribution in [2.45, 2.75) is 12.5 Å². The number of hydrogen-bond acceptors (Lipinski definition) is 8. The molecule has 2 aliphatic carbocycles. The molecular formula is C16H18O8. The van der Waals surface area contributed by atoms with E-state index in [0.29, 0.717) is 6.42 Å². The second-order valence-electron chi connectivity index (χ2n) is 6.10. The van der Waals surface area contributed by atoms with Gasteiger partial charge in [-0.2, -0.15) is 0 Å². The van der Waals surface area contributed by atoms with Gasteiger partial charge in [0.05, 0.1) is 24.9 Å². The third-order valence-electron chi connectivity index (χ3n) is 5.10. The van der Waals surface area contributed by atoms with Crippen LogP contribution in [0.15, 0.2) is 12.7 Å². The largest absolute Gasteiger partial charge is 0.469 e. The summed E-state index contributed by atoms with van der Waals surface area (Å²) in [5, 5.41) is 0. The molecule has 0 aromatic carbocycles. The molecule has 8 nitrogen and oxygen atoms in total. The number of rotatable bonds is 6. The van der Waals surface area contributed by atoms with E-state index in [1.54, 1.807) is 0 Å². The molecule has 0 spiro atoms. The molecule has 0 radical (unpaired) electrons. The first-order chi connectivity index (χ1) is 11.5. The molecule has 1 heterocycles. The number of carbonyl (C=O) groups excluding carboxylic acids is 4. The summed E-state index contributed by atoms with van der Waals surface area (Å²) in [5.41, 5.74) is 0. The van der Waals surface area contributed by atoms with Gasteiger partial charge in [0, 0.05) is 12.0 Å². The minimum atomic E-state index is -0.722. The van der Waals surface area contributed by atoms with Gasteiger partial charge in [0.2, 0.25) is 0 Å². The van der Waals surface area contributed by atoms with Crippen molar-refractivity contribution in [1.29, 1.82) is 0 Å². The van der Waals surface area contributed by atoms with Crippen molar-refractivity contribution in [2.24, 2.45) is 29.6 Å². The molecule has 3 fully saturated rings. The number of carbonyl (C=O) groups is 4. The highest BCUT2D eigenvalue weighted by molar-refractivity contribution is 5.88. The molecule has 2 saturated carbocycles. The lowest BCUT2D eigenvalue weighted by Gasteiger charge is -2.28. The number of esters is 4. The molecule has 24 heavy (non-hydrogen) atoms. The fourth-order valence-corrected chi connectivity index (χ4v) is 4.26. The van der Waals surface area contributed by atoms with Crippen LogP contribution < -0.4 is 0 Å². The molecule has 130 valence electrons. The number of fused-ring (bicyclic) bond motifs is 1. The molecule has 1 saturated heterocycles. The minimum Gasteiger partial charge on any atom is -0.469 e. The van der Waals surface area contributed by atoms with E-state index in [0.717, 1.165) is 6.08 Å². The van der Waals surface area contributed by atoms with Crippen molar-refractivity contribution in [3.05, 3.63) is 12.7 Å². The molecule has 1 aliphatic heterocycles. The zero-order valence-electron chi connectivity index (χ0n) is 13.1. The zero-order chi connectivity index (χ0) is 17.4. The lowest BCUT2D eigenvalue weighted by Crippen LogP contribution is -2.42. The van der Waals surface area contributed by atoms with E-state index in [2.05, 4.69) is 6.58 Å². The van der Waals surface area contributed by atoms with Crippen LogP contribution in [0.2, 0.25) is 0 Å². The van der Waals surface area contributed by atoms with E-state index < -0.39 is 47.7 Å². The highest BCUT2D eigenvalue weighted by Crippen LogP contribution is 2.60. The Bertz CT molecular complexity index is 597. The van der Waals surface area contributed by atoms with E-state index in [9.17, 15) is 19.2 Å². The van der Waals surface area contributed by atoms with Crippen molar-refractivity contribution in [2.75, 3.05) is 20.3 Å². The van der Waals surface area contributed by atoms with Crippen LogP contribution in [0.5, 0.6) is 0 Å². The average molecular weight is 338 g/mol. The van der Waals surface area contributed by atoms with E-state index in [1.807, 2.05) is 0 Å². The van der Waals surface area contributed by atoms with Crippen molar-refractivity contribution >= 4 is 23.9 Å². The van der Waals surface area contributed by atoms with Crippen LogP contribution in [-0.4, -0.2) is 50.3 Å². The van der Waals surface area contributed by atoms with Crippen LogP contribution in [0, 0.1) is 29.6 Å². The van der Waals surface area contributed by atoms with Gasteiger partial charge in [0.15, 0.2) is 0 Å². The summed E-state index contributed by atoms with van der Waals surface area (Å²) < 4.78 is 19.9. The highest BCUT2D eigenvalue weighted by atomic mass is 16.6. The molecule has 6 unspecified atom stereocenters. The summed E-state index contributed by atoms with van der Waals surface area (Å²) in [6, 6.07) is 0. The average Bonchev–Trinajstić information content (AvgIpc) is 3.18. The SMILES string of the molecule is C=CC(=O)OCCOC(=O)C1C2CC3C(OC(=O)C31)C2C(=O)OC. The molecule has 0 amide bonds. The summed E-state index contributed by atoms with van der Waals surface area (Å²) in [5.74, 6) is -4.51. The quantitative estimate of drug-likeness (QED) is 0.285. The van der Waals surface area contributed by atoms with Gasteiger partial charge in [0.25, 0.3) is 0 Å². The maximum absolute atomic E-state index is 12.4. The summed E-state index contributed by atoms with van der Waals surface area (Å²) in [6.45, 7) is 3.03. The normalized spacial score (nSPS) is 35.3. The van der Waals surface area contributed by atoms with Crippen LogP contribution in [0.25, 0.3) is 0 Å². The van der Waals surface area contributed by atoms with E-state index in [-0.39, 0.29) is 25.0 Å². The first kappa shape index (κ1) is 16.5. The molecule has 3 aliphatic rings. The lowest BCUT2D eigenvalue weighted by atomic mass is 9.74. The zero-order valence-corrected chi connectivity index (χ0v) is 13.1. The predicted octanol–water partition coefficient (Wildman–Crippen LogP) is -0.144. The third-order valence-corrected chi connectivity index (χ3v) is 5.10. The molecule has 0 N–H and O–H groups in total. The summed E-state index contributed by atoms with van der Waals surface area (Å²) in [4.78, 5) is 47.4. The fraction of sp³-hybridized carbons (Fsp3) is 0.625. The molecule has 6 atom stereocenters. The van der Waals surface area contributed by atoms with E-state index in [1.165, 1.54) is 7.11 Å². The van der Waals surface area contributed by atoms with Gasteiger partial charge in [-0.25, -0.2) is 4.79 Å². The Morgan fingerprint density at radius 3 is 2.54 bits per heavy atom. The van der Waals surface area contributed by atoms with Crippen molar-refractivity contribution in [1.82, 2.24) is 0 Å². The standard InChI is InChI=1S/C16H18O8/c1-3-9(17)22-4-5-23-15(19)10-7-6-8-11(10)16(20)24-13(8)12(7)14(18)21-2/h3,7-8,10-13H,1,4-6H2,2H3. The summed E-state index contributed by atoms with van der Waals surface area (Å²) >= 11 is 0. The molecular weight excluding hydrogens is 320 g/mol. The number of ether oxygens (including phenoxy) is 4. The summed E-state index contributed by atoms with van der Waals surface area (Å²) in [7, 11) is 1.27. The third kappa shape index (κ3) is 2.46. The van der Waals surface area contributed by atoms with Crippen molar-refractivity contribution < 1.29 is 38.1 Å². The van der Waals surface area contributed by atoms with Gasteiger partial charge >= 0.3 is 23.9 Å². The van der Waals surface area contributed by atoms with Crippen LogP contribution in [-0.2, 0) is 38.1 Å². The lowest BCUT2D eigenvalue weighted by molar-refractivity contribution is -0.160. The molecule has 0 aromatic heterocycles. The maximum Gasteiger partial charge on any atom is 0.330 e. The van der Waals surface area contributed by atoms with Gasteiger partial charge in [-0.3, -0.25) is 14.4 Å². The molecule has 8 heteroatoms. The second kappa shape index (κ2) is 6.26. The van der Waals surface area contributed by atoms with Crippen LogP contribution in [0.3, 0.4) is 0 Å². The second-order valence-corrected chi connectivity index (χ2v) is 6.10. The Kier molecular flexibility index (Phi) is 4.29. The van der Waals surface area contributed by atoms with Gasteiger partial charge in [-0.05, 0) is 12.3 Å². The van der Waals surface area contributed by atoms with Gasteiger partial charge in [-0.15, -0.1) is 0 Å². The van der Waals surface area contributed by atoms with Gasteiger partial charge < -0.3 is 18.9 Å². The van der Waals surface area contributed by atoms with Crippen LogP contribution in [0.1, 0.15) is 6.42 Å². The van der Waals surface area contributed by atoms with Crippen molar-refractivity contribution in [3.8, 4) is 0 Å². The Balaban J connectivity index is 1.65. The maximum atomic E-state index is 12.4. The van der Waals surface area contributed by atoms with E-state index >= 15 is 0 Å². The summed E-state index contributed by atoms with van der Waals surface area (Å²) in [6.07, 6.45) is 1.07. The smallest absolute Gasteiger partial charge is 0.330 e. The number of methoxy groups -OCH3 is 1. The topological polar surface area (TPSA) is 105 Å². The first-order valence-electron chi connectivity index (χ1n) is 7.73. The minimum absolute atomic E-state index is 0.102. The number of hydrogen-bond donors (Lipinski definition) is 0. The van der Waals surface area contributed by atoms with E-state index in [4.69, 9.17) is 18.9 Å². The predicted molar refractivity (Wildman–Crippen MR) is 76.1 cm³/mol. The molecule has 3 rings (SSSR count). The first-order valence-corrected chi connectivity index (χ1v) is 7.73. The Morgan fingerprint density at radius 2 is 1.88 bits per heavy atom. The van der Waals surface area contributed by atoms with Crippen LogP contribution in [0.4, 0.5) is 0 Å². The van der Waals surface area contributed by atoms with Crippen LogP contribution >= 0.6 is 0 Å². The molecule has 0 aromatic rings. The molecule has 2 bridgehead atoms. The van der Waals surface area contributed by atoms with Crippen molar-refractivity contribution in [3.63, 3.8) is 0 Å². The van der Waals surface area contributed by atoms with Gasteiger partial charge in [-0.1, -0.05) is 6.58 Å². The monoisotopic (exact) mass is 338 g/mol. The van der Waals surface area contributed by atoms with Gasteiger partial charge in [0.1, 0.15) is 19.3 Å². The Labute approximate surface area is 138 Å².